The largest absolute Gasteiger partial charge is 0.357 e. The molecule has 2 atom stereocenters. The predicted octanol–water partition coefficient (Wildman–Crippen LogP) is 2.11. The fourth-order valence-electron chi connectivity index (χ4n) is 3.49. The van der Waals surface area contributed by atoms with Gasteiger partial charge in [0.2, 0.25) is 0 Å². The number of aryl methyl sites for hydroxylation is 1. The number of nitrogens with one attached hydrogen (secondary N) is 1. The summed E-state index contributed by atoms with van der Waals surface area (Å²) < 4.78 is 14.1. The average molecular weight is 341 g/mol. The smallest absolute Gasteiger partial charge is 0.143 e. The van der Waals surface area contributed by atoms with Crippen LogP contribution in [0.25, 0.3) is 11.0 Å². The van der Waals surface area contributed by atoms with E-state index in [9.17, 15) is 4.39 Å². The Balaban J connectivity index is 1.60. The second-order valence-corrected chi connectivity index (χ2v) is 6.42. The standard InChI is InChI=1S/C17H20FN7/c1-11-22-16-14(3-6-20-16)17(23-11)24(2)9-13-7-12(18)8-25(13)15-4-5-19-10-21-15/h3-6,10,12-13H,7-9H2,1-2H3,(H,20,22,23)/t12-,13-/m0/s1. The van der Waals surface area contributed by atoms with Gasteiger partial charge in [0.05, 0.1) is 18.0 Å². The van der Waals surface area contributed by atoms with Gasteiger partial charge in [-0.05, 0) is 19.1 Å². The monoisotopic (exact) mass is 341 g/mol. The lowest BCUT2D eigenvalue weighted by Crippen LogP contribution is -2.39. The van der Waals surface area contributed by atoms with Crippen molar-refractivity contribution >= 4 is 22.7 Å². The van der Waals surface area contributed by atoms with E-state index in [4.69, 9.17) is 0 Å². The van der Waals surface area contributed by atoms with Crippen LogP contribution in [0.5, 0.6) is 0 Å². The number of aromatic amines is 1. The van der Waals surface area contributed by atoms with Crippen LogP contribution in [0.4, 0.5) is 16.0 Å². The minimum atomic E-state index is -0.854. The molecule has 0 amide bonds. The summed E-state index contributed by atoms with van der Waals surface area (Å²) in [5.74, 6) is 2.33. The van der Waals surface area contributed by atoms with Crippen LogP contribution in [0.3, 0.4) is 0 Å². The van der Waals surface area contributed by atoms with Crippen LogP contribution in [0.1, 0.15) is 12.2 Å². The summed E-state index contributed by atoms with van der Waals surface area (Å²) in [5.41, 5.74) is 0.816. The molecule has 3 aromatic heterocycles. The number of H-pyrrole nitrogens is 1. The molecule has 0 bridgehead atoms. The van der Waals surface area contributed by atoms with Crippen molar-refractivity contribution in [2.24, 2.45) is 0 Å². The Bertz CT molecular complexity index is 866. The van der Waals surface area contributed by atoms with E-state index in [0.717, 1.165) is 22.7 Å². The van der Waals surface area contributed by atoms with Crippen molar-refractivity contribution in [3.63, 3.8) is 0 Å². The maximum atomic E-state index is 14.1. The SMILES string of the molecule is Cc1nc(N(C)C[C@@H]2C[C@H](F)CN2c2ccncn2)c2cc[nH]c2n1. The molecular formula is C17H20FN7. The Kier molecular flexibility index (Phi) is 3.95. The van der Waals surface area contributed by atoms with E-state index in [1.807, 2.05) is 37.2 Å². The predicted molar refractivity (Wildman–Crippen MR) is 94.6 cm³/mol. The zero-order chi connectivity index (χ0) is 17.4. The van der Waals surface area contributed by atoms with E-state index in [-0.39, 0.29) is 6.04 Å². The zero-order valence-electron chi connectivity index (χ0n) is 14.2. The third kappa shape index (κ3) is 2.99. The van der Waals surface area contributed by atoms with Crippen LogP contribution in [-0.2, 0) is 0 Å². The molecule has 0 unspecified atom stereocenters. The first-order valence-corrected chi connectivity index (χ1v) is 8.31. The number of halogens is 1. The van der Waals surface area contributed by atoms with Crippen LogP contribution in [-0.4, -0.2) is 57.3 Å². The van der Waals surface area contributed by atoms with Gasteiger partial charge in [-0.2, -0.15) is 0 Å². The highest BCUT2D eigenvalue weighted by molar-refractivity contribution is 5.87. The van der Waals surface area contributed by atoms with Crippen LogP contribution in [0.2, 0.25) is 0 Å². The van der Waals surface area contributed by atoms with Crippen molar-refractivity contribution < 1.29 is 4.39 Å². The normalized spacial score (nSPS) is 20.4. The summed E-state index contributed by atoms with van der Waals surface area (Å²) in [6.07, 6.45) is 4.67. The van der Waals surface area contributed by atoms with E-state index in [2.05, 4.69) is 29.8 Å². The number of likely N-dealkylation sites (N-methyl/N-ethyl adjacent to an activating group) is 1. The van der Waals surface area contributed by atoms with Crippen LogP contribution >= 0.6 is 0 Å². The van der Waals surface area contributed by atoms with Gasteiger partial charge < -0.3 is 14.8 Å². The summed E-state index contributed by atoms with van der Waals surface area (Å²) in [6.45, 7) is 2.89. The Labute approximate surface area is 144 Å². The number of hydrogen-bond donors (Lipinski definition) is 1. The molecule has 4 rings (SSSR count). The fraction of sp³-hybridized carbons (Fsp3) is 0.412. The minimum Gasteiger partial charge on any atom is -0.357 e. The summed E-state index contributed by atoms with van der Waals surface area (Å²) in [4.78, 5) is 24.4. The Morgan fingerprint density at radius 3 is 3.04 bits per heavy atom. The molecule has 1 aliphatic rings. The molecule has 0 spiro atoms. The molecule has 3 aromatic rings. The minimum absolute atomic E-state index is 0.0270. The van der Waals surface area contributed by atoms with Gasteiger partial charge >= 0.3 is 0 Å². The summed E-state index contributed by atoms with van der Waals surface area (Å²) in [7, 11) is 1.98. The third-order valence-corrected chi connectivity index (χ3v) is 4.58. The maximum absolute atomic E-state index is 14.1. The first kappa shape index (κ1) is 15.7. The molecule has 130 valence electrons. The maximum Gasteiger partial charge on any atom is 0.143 e. The molecule has 0 aliphatic carbocycles. The molecule has 7 nitrogen and oxygen atoms in total. The van der Waals surface area contributed by atoms with Gasteiger partial charge in [0, 0.05) is 32.4 Å². The lowest BCUT2D eigenvalue weighted by Gasteiger charge is -2.29. The molecule has 0 aromatic carbocycles. The third-order valence-electron chi connectivity index (χ3n) is 4.58. The van der Waals surface area contributed by atoms with Gasteiger partial charge in [-0.15, -0.1) is 0 Å². The van der Waals surface area contributed by atoms with E-state index in [0.29, 0.717) is 25.3 Å². The Morgan fingerprint density at radius 1 is 1.36 bits per heavy atom. The van der Waals surface area contributed by atoms with Crippen molar-refractivity contribution in [3.05, 3.63) is 36.7 Å². The first-order valence-electron chi connectivity index (χ1n) is 8.31. The fourth-order valence-corrected chi connectivity index (χ4v) is 3.49. The molecule has 1 fully saturated rings. The van der Waals surface area contributed by atoms with Crippen molar-refractivity contribution in [2.75, 3.05) is 29.9 Å². The Morgan fingerprint density at radius 2 is 2.24 bits per heavy atom. The van der Waals surface area contributed by atoms with Crippen molar-refractivity contribution in [1.82, 2.24) is 24.9 Å². The van der Waals surface area contributed by atoms with Gasteiger partial charge in [0.25, 0.3) is 0 Å². The first-order chi connectivity index (χ1) is 12.1. The summed E-state index contributed by atoms with van der Waals surface area (Å²) >= 11 is 0. The molecular weight excluding hydrogens is 321 g/mol. The number of rotatable bonds is 4. The van der Waals surface area contributed by atoms with Crippen LogP contribution in [0.15, 0.2) is 30.9 Å². The van der Waals surface area contributed by atoms with E-state index >= 15 is 0 Å². The van der Waals surface area contributed by atoms with Gasteiger partial charge in [-0.3, -0.25) is 0 Å². The lowest BCUT2D eigenvalue weighted by atomic mass is 10.2. The molecule has 1 N–H and O–H groups in total. The van der Waals surface area contributed by atoms with Gasteiger partial charge in [-0.25, -0.2) is 24.3 Å². The highest BCUT2D eigenvalue weighted by atomic mass is 19.1. The van der Waals surface area contributed by atoms with Gasteiger partial charge in [0.1, 0.15) is 35.6 Å². The van der Waals surface area contributed by atoms with Crippen molar-refractivity contribution in [1.29, 1.82) is 0 Å². The second kappa shape index (κ2) is 6.27. The quantitative estimate of drug-likeness (QED) is 0.783. The number of nitrogens with zero attached hydrogens (tertiary/aromatic N) is 6. The number of alkyl halides is 1. The van der Waals surface area contributed by atoms with E-state index in [1.165, 1.54) is 6.33 Å². The molecule has 8 heteroatoms. The molecule has 0 radical (unpaired) electrons. The van der Waals surface area contributed by atoms with Crippen molar-refractivity contribution in [2.45, 2.75) is 25.6 Å². The average Bonchev–Trinajstić information content (AvgIpc) is 3.21. The van der Waals surface area contributed by atoms with E-state index < -0.39 is 6.17 Å². The second-order valence-electron chi connectivity index (χ2n) is 6.42. The Hall–Kier alpha value is -2.77. The number of hydrogen-bond acceptors (Lipinski definition) is 6. The van der Waals surface area contributed by atoms with Gasteiger partial charge in [0.15, 0.2) is 0 Å². The molecule has 4 heterocycles. The number of anilines is 2. The zero-order valence-corrected chi connectivity index (χ0v) is 14.2. The molecule has 1 aliphatic heterocycles. The van der Waals surface area contributed by atoms with Gasteiger partial charge in [-0.1, -0.05) is 0 Å². The highest BCUT2D eigenvalue weighted by Gasteiger charge is 2.34. The highest BCUT2D eigenvalue weighted by Crippen LogP contribution is 2.28. The van der Waals surface area contributed by atoms with Crippen molar-refractivity contribution in [3.8, 4) is 0 Å². The van der Waals surface area contributed by atoms with Crippen LogP contribution in [0, 0.1) is 6.92 Å². The summed E-state index contributed by atoms with van der Waals surface area (Å²) in [6, 6.07) is 3.82. The lowest BCUT2D eigenvalue weighted by molar-refractivity contribution is 0.356. The van der Waals surface area contributed by atoms with E-state index in [1.54, 1.807) is 6.20 Å². The summed E-state index contributed by atoms with van der Waals surface area (Å²) in [5, 5.41) is 0.969. The topological polar surface area (TPSA) is 73.8 Å². The van der Waals surface area contributed by atoms with Crippen LogP contribution < -0.4 is 9.80 Å². The molecule has 1 saturated heterocycles. The molecule has 0 saturated carbocycles. The number of fused-ring (bicyclic) bond motifs is 1. The molecule has 25 heavy (non-hydrogen) atoms. The number of aromatic nitrogens is 5.